The number of nitrogens with one attached hydrogen (secondary N) is 1. The first-order valence-corrected chi connectivity index (χ1v) is 8.99. The topological polar surface area (TPSA) is 24.5 Å². The molecule has 0 bridgehead atoms. The Morgan fingerprint density at radius 2 is 1.65 bits per heavy atom. The second-order valence-corrected chi connectivity index (χ2v) is 6.77. The minimum Gasteiger partial charge on any atom is -0.492 e. The molecule has 1 N–H and O–H groups in total. The average molecular weight is 367 g/mol. The van der Waals surface area contributed by atoms with Gasteiger partial charge < -0.3 is 15.0 Å². The summed E-state index contributed by atoms with van der Waals surface area (Å²) in [5.74, 6) is 0.872. The van der Waals surface area contributed by atoms with Crippen LogP contribution in [0.5, 0.6) is 5.75 Å². The Hall–Kier alpha value is -2.49. The Balaban J connectivity index is 1.80. The van der Waals surface area contributed by atoms with E-state index in [1.165, 1.54) is 0 Å². The molecule has 3 aromatic rings. The number of nitrogens with zero attached hydrogens (tertiary/aromatic N) is 1. The maximum Gasteiger partial charge on any atom is 0.119 e. The number of halogens is 1. The van der Waals surface area contributed by atoms with Crippen LogP contribution in [0.15, 0.2) is 72.8 Å². The van der Waals surface area contributed by atoms with Gasteiger partial charge in [0.05, 0.1) is 10.7 Å². The monoisotopic (exact) mass is 366 g/mol. The van der Waals surface area contributed by atoms with Gasteiger partial charge in [0.15, 0.2) is 0 Å². The molecule has 0 saturated carbocycles. The summed E-state index contributed by atoms with van der Waals surface area (Å²) in [6.45, 7) is 1.55. The van der Waals surface area contributed by atoms with Crippen LogP contribution in [0.1, 0.15) is 0 Å². The molecule has 134 valence electrons. The van der Waals surface area contributed by atoms with Crippen molar-refractivity contribution in [1.82, 2.24) is 4.90 Å². The van der Waals surface area contributed by atoms with Crippen molar-refractivity contribution in [2.45, 2.75) is 0 Å². The van der Waals surface area contributed by atoms with Gasteiger partial charge in [0.25, 0.3) is 0 Å². The molecule has 3 rings (SSSR count). The fraction of sp³-hybridized carbons (Fsp3) is 0.182. The summed E-state index contributed by atoms with van der Waals surface area (Å²) >= 11 is 6.37. The van der Waals surface area contributed by atoms with Gasteiger partial charge in [-0.05, 0) is 61.6 Å². The zero-order valence-electron chi connectivity index (χ0n) is 15.1. The summed E-state index contributed by atoms with van der Waals surface area (Å²) < 4.78 is 5.85. The lowest BCUT2D eigenvalue weighted by molar-refractivity contribution is 0.261. The number of anilines is 2. The number of hydrogen-bond acceptors (Lipinski definition) is 3. The van der Waals surface area contributed by atoms with Crippen LogP contribution in [0.3, 0.4) is 0 Å². The molecule has 0 saturated heterocycles. The van der Waals surface area contributed by atoms with Crippen LogP contribution in [-0.4, -0.2) is 32.1 Å². The van der Waals surface area contributed by atoms with Gasteiger partial charge in [0, 0.05) is 12.2 Å². The van der Waals surface area contributed by atoms with Crippen LogP contribution < -0.4 is 10.1 Å². The van der Waals surface area contributed by atoms with Crippen molar-refractivity contribution < 1.29 is 4.74 Å². The fourth-order valence-electron chi connectivity index (χ4n) is 2.59. The summed E-state index contributed by atoms with van der Waals surface area (Å²) in [4.78, 5) is 2.10. The Morgan fingerprint density at radius 1 is 0.885 bits per heavy atom. The molecule has 0 fully saturated rings. The molecule has 0 aliphatic rings. The predicted molar refractivity (Wildman–Crippen MR) is 111 cm³/mol. The highest BCUT2D eigenvalue weighted by molar-refractivity contribution is 6.33. The molecule has 0 radical (unpaired) electrons. The van der Waals surface area contributed by atoms with E-state index in [0.717, 1.165) is 34.8 Å². The number of benzene rings is 3. The largest absolute Gasteiger partial charge is 0.492 e. The number of likely N-dealkylation sites (N-methyl/N-ethyl adjacent to an activating group) is 1. The third kappa shape index (κ3) is 5.01. The molecular formula is C22H23ClN2O. The van der Waals surface area contributed by atoms with Crippen molar-refractivity contribution in [3.05, 3.63) is 77.8 Å². The Morgan fingerprint density at radius 3 is 2.42 bits per heavy atom. The Labute approximate surface area is 160 Å². The van der Waals surface area contributed by atoms with Crippen LogP contribution >= 0.6 is 11.6 Å². The molecule has 0 aliphatic heterocycles. The fourth-order valence-corrected chi connectivity index (χ4v) is 2.75. The highest BCUT2D eigenvalue weighted by atomic mass is 35.5. The normalized spacial score (nSPS) is 10.8. The van der Waals surface area contributed by atoms with Crippen molar-refractivity contribution in [2.75, 3.05) is 32.6 Å². The summed E-state index contributed by atoms with van der Waals surface area (Å²) in [6, 6.07) is 24.2. The van der Waals surface area contributed by atoms with Gasteiger partial charge in [0.2, 0.25) is 0 Å². The van der Waals surface area contributed by atoms with Crippen LogP contribution in [0, 0.1) is 0 Å². The lowest BCUT2D eigenvalue weighted by atomic mass is 10.0. The second-order valence-electron chi connectivity index (χ2n) is 6.37. The SMILES string of the molecule is CN(C)CCOc1cccc(-c2ccc(Cl)c(Nc3ccccc3)c2)c1. The third-order valence-corrected chi connectivity index (χ3v) is 4.32. The first-order valence-electron chi connectivity index (χ1n) is 8.61. The number of rotatable bonds is 7. The maximum absolute atomic E-state index is 6.37. The van der Waals surface area contributed by atoms with E-state index in [1.54, 1.807) is 0 Å². The van der Waals surface area contributed by atoms with E-state index in [9.17, 15) is 0 Å². The van der Waals surface area contributed by atoms with Crippen LogP contribution in [-0.2, 0) is 0 Å². The number of para-hydroxylation sites is 1. The van der Waals surface area contributed by atoms with Crippen molar-refractivity contribution in [3.63, 3.8) is 0 Å². The summed E-state index contributed by atoms with van der Waals surface area (Å²) in [5.41, 5.74) is 4.08. The molecule has 26 heavy (non-hydrogen) atoms. The first-order chi connectivity index (χ1) is 12.6. The van der Waals surface area contributed by atoms with Gasteiger partial charge in [-0.3, -0.25) is 0 Å². The zero-order valence-corrected chi connectivity index (χ0v) is 15.8. The van der Waals surface area contributed by atoms with Gasteiger partial charge in [-0.25, -0.2) is 0 Å². The molecule has 0 aromatic heterocycles. The van der Waals surface area contributed by atoms with Gasteiger partial charge in [-0.2, -0.15) is 0 Å². The van der Waals surface area contributed by atoms with Gasteiger partial charge in [-0.15, -0.1) is 0 Å². The minimum atomic E-state index is 0.665. The number of ether oxygens (including phenoxy) is 1. The third-order valence-electron chi connectivity index (χ3n) is 3.99. The van der Waals surface area contributed by atoms with Crippen LogP contribution in [0.4, 0.5) is 11.4 Å². The predicted octanol–water partition coefficient (Wildman–Crippen LogP) is 5.69. The van der Waals surface area contributed by atoms with Crippen molar-refractivity contribution >= 4 is 23.0 Å². The first kappa shape index (κ1) is 18.3. The molecule has 4 heteroatoms. The van der Waals surface area contributed by atoms with Gasteiger partial charge in [-0.1, -0.05) is 48.0 Å². The molecule has 0 amide bonds. The van der Waals surface area contributed by atoms with Gasteiger partial charge >= 0.3 is 0 Å². The summed E-state index contributed by atoms with van der Waals surface area (Å²) in [7, 11) is 4.07. The van der Waals surface area contributed by atoms with Gasteiger partial charge in [0.1, 0.15) is 12.4 Å². The smallest absolute Gasteiger partial charge is 0.119 e. The van der Waals surface area contributed by atoms with E-state index < -0.39 is 0 Å². The van der Waals surface area contributed by atoms with E-state index in [1.807, 2.05) is 68.7 Å². The quantitative estimate of drug-likeness (QED) is 0.581. The van der Waals surface area contributed by atoms with E-state index in [-0.39, 0.29) is 0 Å². The van der Waals surface area contributed by atoms with Crippen molar-refractivity contribution in [1.29, 1.82) is 0 Å². The van der Waals surface area contributed by atoms with E-state index in [2.05, 4.69) is 28.4 Å². The highest BCUT2D eigenvalue weighted by Gasteiger charge is 2.06. The maximum atomic E-state index is 6.37. The number of hydrogen-bond donors (Lipinski definition) is 1. The van der Waals surface area contributed by atoms with E-state index >= 15 is 0 Å². The molecule has 0 spiro atoms. The Kier molecular flexibility index (Phi) is 6.16. The van der Waals surface area contributed by atoms with Crippen LogP contribution in [0.25, 0.3) is 11.1 Å². The molecule has 3 nitrogen and oxygen atoms in total. The zero-order chi connectivity index (χ0) is 18.4. The molecule has 0 unspecified atom stereocenters. The lowest BCUT2D eigenvalue weighted by Crippen LogP contribution is -2.19. The Bertz CT molecular complexity index is 850. The minimum absolute atomic E-state index is 0.665. The van der Waals surface area contributed by atoms with E-state index in [4.69, 9.17) is 16.3 Å². The van der Waals surface area contributed by atoms with Crippen LogP contribution in [0.2, 0.25) is 5.02 Å². The molecular weight excluding hydrogens is 344 g/mol. The molecule has 0 aliphatic carbocycles. The highest BCUT2D eigenvalue weighted by Crippen LogP contribution is 2.32. The van der Waals surface area contributed by atoms with E-state index in [0.29, 0.717) is 11.6 Å². The molecule has 0 heterocycles. The molecule has 3 aromatic carbocycles. The lowest BCUT2D eigenvalue weighted by Gasteiger charge is -2.13. The van der Waals surface area contributed by atoms with Crippen molar-refractivity contribution in [3.8, 4) is 16.9 Å². The summed E-state index contributed by atoms with van der Waals surface area (Å²) in [6.07, 6.45) is 0. The second kappa shape index (κ2) is 8.75. The summed E-state index contributed by atoms with van der Waals surface area (Å²) in [5, 5.41) is 4.07. The standard InChI is InChI=1S/C22H23ClN2O/c1-25(2)13-14-26-20-10-6-7-17(15-20)18-11-12-21(23)22(16-18)24-19-8-4-3-5-9-19/h3-12,15-16,24H,13-14H2,1-2H3. The van der Waals surface area contributed by atoms with Crippen molar-refractivity contribution in [2.24, 2.45) is 0 Å². The molecule has 0 atom stereocenters. The average Bonchev–Trinajstić information content (AvgIpc) is 2.64.